The average molecular weight is 635 g/mol. The largest absolute Gasteiger partial charge is 0.350 e. The number of anilines is 1. The molecule has 0 radical (unpaired) electrons. The summed E-state index contributed by atoms with van der Waals surface area (Å²) in [4.78, 5) is 28.5. The number of nitrogens with one attached hydrogen (secondary N) is 1. The maximum absolute atomic E-state index is 13.9. The summed E-state index contributed by atoms with van der Waals surface area (Å²) in [6, 6.07) is 19.2. The molecule has 0 saturated heterocycles. The highest BCUT2D eigenvalue weighted by molar-refractivity contribution is 9.10. The summed E-state index contributed by atoms with van der Waals surface area (Å²) in [6.45, 7) is 8.65. The van der Waals surface area contributed by atoms with Crippen LogP contribution in [-0.4, -0.2) is 43.3 Å². The van der Waals surface area contributed by atoms with Gasteiger partial charge in [-0.2, -0.15) is 0 Å². The summed E-state index contributed by atoms with van der Waals surface area (Å²) in [5, 5.41) is 3.45. The second kappa shape index (κ2) is 12.5. The number of sulfonamides is 1. The first-order valence-corrected chi connectivity index (χ1v) is 15.0. The molecule has 39 heavy (non-hydrogen) atoms. The van der Waals surface area contributed by atoms with Crippen molar-refractivity contribution in [2.45, 2.75) is 57.6 Å². The molecule has 0 aliphatic carbocycles. The summed E-state index contributed by atoms with van der Waals surface area (Å²) in [5.74, 6) is -0.874. The van der Waals surface area contributed by atoms with Gasteiger partial charge in [-0.05, 0) is 88.7 Å². The third kappa shape index (κ3) is 8.30. The van der Waals surface area contributed by atoms with Gasteiger partial charge in [0.2, 0.25) is 11.8 Å². The van der Waals surface area contributed by atoms with Crippen LogP contribution in [0.25, 0.3) is 0 Å². The van der Waals surface area contributed by atoms with E-state index in [9.17, 15) is 18.0 Å². The highest BCUT2D eigenvalue weighted by Crippen LogP contribution is 2.26. The number of hydrogen-bond donors (Lipinski definition) is 1. The fraction of sp³-hybridized carbons (Fsp3) is 0.310. The van der Waals surface area contributed by atoms with E-state index in [1.54, 1.807) is 67.6 Å². The van der Waals surface area contributed by atoms with Crippen molar-refractivity contribution in [1.29, 1.82) is 0 Å². The van der Waals surface area contributed by atoms with Crippen molar-refractivity contribution in [3.63, 3.8) is 0 Å². The number of benzene rings is 3. The fourth-order valence-electron chi connectivity index (χ4n) is 3.82. The first kappa shape index (κ1) is 30.7. The van der Waals surface area contributed by atoms with Crippen LogP contribution in [0.4, 0.5) is 5.69 Å². The molecule has 0 aliphatic heterocycles. The van der Waals surface area contributed by atoms with Gasteiger partial charge >= 0.3 is 0 Å². The third-order valence-electron chi connectivity index (χ3n) is 5.93. The van der Waals surface area contributed by atoms with E-state index in [0.717, 1.165) is 19.9 Å². The van der Waals surface area contributed by atoms with Crippen LogP contribution in [0.2, 0.25) is 5.02 Å². The van der Waals surface area contributed by atoms with Crippen molar-refractivity contribution in [2.75, 3.05) is 10.8 Å². The summed E-state index contributed by atoms with van der Waals surface area (Å²) in [5.41, 5.74) is 1.47. The van der Waals surface area contributed by atoms with Gasteiger partial charge in [-0.25, -0.2) is 8.42 Å². The quantitative estimate of drug-likeness (QED) is 0.316. The summed E-state index contributed by atoms with van der Waals surface area (Å²) < 4.78 is 29.5. The van der Waals surface area contributed by atoms with E-state index in [-0.39, 0.29) is 17.3 Å². The van der Waals surface area contributed by atoms with Crippen LogP contribution in [0.5, 0.6) is 0 Å². The van der Waals surface area contributed by atoms with E-state index in [1.807, 2.05) is 27.7 Å². The first-order valence-electron chi connectivity index (χ1n) is 12.4. The number of halogens is 2. The van der Waals surface area contributed by atoms with Gasteiger partial charge in [-0.15, -0.1) is 0 Å². The Morgan fingerprint density at radius 2 is 1.51 bits per heavy atom. The van der Waals surface area contributed by atoms with Crippen molar-refractivity contribution in [3.8, 4) is 0 Å². The van der Waals surface area contributed by atoms with Crippen molar-refractivity contribution in [2.24, 2.45) is 0 Å². The molecule has 0 spiro atoms. The van der Waals surface area contributed by atoms with Gasteiger partial charge in [-0.3, -0.25) is 13.9 Å². The lowest BCUT2D eigenvalue weighted by Gasteiger charge is -2.33. The highest BCUT2D eigenvalue weighted by atomic mass is 79.9. The Morgan fingerprint density at radius 1 is 0.949 bits per heavy atom. The molecule has 0 fully saturated rings. The van der Waals surface area contributed by atoms with Crippen LogP contribution >= 0.6 is 27.5 Å². The standard InChI is InChI=1S/C29H33BrClN3O4S/c1-20-6-16-26(17-7-20)39(37,38)34(25-14-10-23(30)11-15-25)19-27(35)33(18-22-8-12-24(31)13-9-22)21(2)28(36)32-29(3,4)5/h6-17,21H,18-19H2,1-5H3,(H,32,36). The molecule has 0 aliphatic rings. The fourth-order valence-corrected chi connectivity index (χ4v) is 5.62. The molecule has 3 rings (SSSR count). The zero-order chi connectivity index (χ0) is 29.0. The number of hydrogen-bond acceptors (Lipinski definition) is 4. The predicted molar refractivity (Wildman–Crippen MR) is 159 cm³/mol. The minimum absolute atomic E-state index is 0.0617. The van der Waals surface area contributed by atoms with Gasteiger partial charge in [0.25, 0.3) is 10.0 Å². The minimum Gasteiger partial charge on any atom is -0.350 e. The molecule has 10 heteroatoms. The van der Waals surface area contributed by atoms with Crippen LogP contribution < -0.4 is 9.62 Å². The zero-order valence-electron chi connectivity index (χ0n) is 22.6. The Balaban J connectivity index is 2.02. The van der Waals surface area contributed by atoms with Crippen molar-refractivity contribution < 1.29 is 18.0 Å². The molecule has 0 bridgehead atoms. The average Bonchev–Trinajstić information content (AvgIpc) is 2.86. The molecule has 2 amide bonds. The topological polar surface area (TPSA) is 86.8 Å². The molecule has 3 aromatic carbocycles. The highest BCUT2D eigenvalue weighted by Gasteiger charge is 2.33. The molecule has 0 aromatic heterocycles. The maximum atomic E-state index is 13.9. The van der Waals surface area contributed by atoms with Gasteiger partial charge in [0.05, 0.1) is 10.6 Å². The van der Waals surface area contributed by atoms with E-state index in [1.165, 1.54) is 17.0 Å². The van der Waals surface area contributed by atoms with Crippen LogP contribution in [0.15, 0.2) is 82.2 Å². The molecule has 1 atom stereocenters. The Hall–Kier alpha value is -2.88. The van der Waals surface area contributed by atoms with E-state index in [2.05, 4.69) is 21.2 Å². The smallest absolute Gasteiger partial charge is 0.264 e. The molecule has 208 valence electrons. The van der Waals surface area contributed by atoms with Gasteiger partial charge in [0, 0.05) is 21.6 Å². The summed E-state index contributed by atoms with van der Waals surface area (Å²) in [6.07, 6.45) is 0. The zero-order valence-corrected chi connectivity index (χ0v) is 25.8. The molecular formula is C29H33BrClN3O4S. The lowest BCUT2D eigenvalue weighted by Crippen LogP contribution is -2.54. The molecule has 3 aromatic rings. The van der Waals surface area contributed by atoms with Gasteiger partial charge in [-0.1, -0.05) is 57.4 Å². The van der Waals surface area contributed by atoms with Gasteiger partial charge in [0.1, 0.15) is 12.6 Å². The molecule has 1 unspecified atom stereocenters. The van der Waals surface area contributed by atoms with Crippen molar-refractivity contribution >= 4 is 55.1 Å². The molecule has 1 N–H and O–H groups in total. The predicted octanol–water partition coefficient (Wildman–Crippen LogP) is 5.94. The number of aryl methyl sites for hydroxylation is 1. The molecule has 7 nitrogen and oxygen atoms in total. The van der Waals surface area contributed by atoms with Crippen molar-refractivity contribution in [3.05, 3.63) is 93.4 Å². The number of amides is 2. The lowest BCUT2D eigenvalue weighted by atomic mass is 10.1. The monoisotopic (exact) mass is 633 g/mol. The molecule has 0 heterocycles. The van der Waals surface area contributed by atoms with E-state index in [4.69, 9.17) is 11.6 Å². The minimum atomic E-state index is -4.11. The number of carbonyl (C=O) groups is 2. The van der Waals surface area contributed by atoms with Crippen molar-refractivity contribution in [1.82, 2.24) is 10.2 Å². The molecular weight excluding hydrogens is 602 g/mol. The molecule has 0 saturated carbocycles. The summed E-state index contributed by atoms with van der Waals surface area (Å²) in [7, 11) is -4.11. The summed E-state index contributed by atoms with van der Waals surface area (Å²) >= 11 is 9.42. The number of nitrogens with zero attached hydrogens (tertiary/aromatic N) is 2. The van der Waals surface area contributed by atoms with Crippen LogP contribution in [0, 0.1) is 6.92 Å². The number of rotatable bonds is 9. The second-order valence-electron chi connectivity index (χ2n) is 10.4. The third-order valence-corrected chi connectivity index (χ3v) is 8.50. The first-order chi connectivity index (χ1) is 18.2. The maximum Gasteiger partial charge on any atom is 0.264 e. The van der Waals surface area contributed by atoms with Crippen LogP contribution in [0.1, 0.15) is 38.8 Å². The Labute approximate surface area is 244 Å². The Bertz CT molecular complexity index is 1400. The van der Waals surface area contributed by atoms with Gasteiger partial charge in [0.15, 0.2) is 0 Å². The van der Waals surface area contributed by atoms with Gasteiger partial charge < -0.3 is 10.2 Å². The lowest BCUT2D eigenvalue weighted by molar-refractivity contribution is -0.140. The number of carbonyl (C=O) groups excluding carboxylic acids is 2. The van der Waals surface area contributed by atoms with Crippen LogP contribution in [0.3, 0.4) is 0 Å². The van der Waals surface area contributed by atoms with E-state index in [0.29, 0.717) is 10.7 Å². The van der Waals surface area contributed by atoms with Crippen LogP contribution in [-0.2, 0) is 26.2 Å². The van der Waals surface area contributed by atoms with E-state index < -0.39 is 34.1 Å². The normalized spacial score (nSPS) is 12.5. The van der Waals surface area contributed by atoms with E-state index >= 15 is 0 Å². The SMILES string of the molecule is Cc1ccc(S(=O)(=O)N(CC(=O)N(Cc2ccc(Cl)cc2)C(C)C(=O)NC(C)(C)C)c2ccc(Br)cc2)cc1. The Morgan fingerprint density at radius 3 is 2.05 bits per heavy atom. The second-order valence-corrected chi connectivity index (χ2v) is 13.6. The Kier molecular flexibility index (Phi) is 9.85.